The van der Waals surface area contributed by atoms with Crippen molar-refractivity contribution >= 4 is 11.3 Å². The second-order valence-electron chi connectivity index (χ2n) is 4.33. The minimum absolute atomic E-state index is 0.625. The molecule has 2 unspecified atom stereocenters. The zero-order valence-corrected chi connectivity index (χ0v) is 10.8. The van der Waals surface area contributed by atoms with Crippen molar-refractivity contribution in [3.8, 4) is 0 Å². The molecule has 0 saturated heterocycles. The van der Waals surface area contributed by atoms with E-state index in [-0.39, 0.29) is 0 Å². The van der Waals surface area contributed by atoms with Crippen LogP contribution in [0.25, 0.3) is 0 Å². The summed E-state index contributed by atoms with van der Waals surface area (Å²) >= 11 is 1.76. The number of hydrogen-bond donors (Lipinski definition) is 1. The maximum absolute atomic E-state index is 4.32. The Kier molecular flexibility index (Phi) is 5.88. The molecular weight excluding hydrogens is 204 g/mol. The van der Waals surface area contributed by atoms with Gasteiger partial charge in [0.1, 0.15) is 0 Å². The fourth-order valence-electron chi connectivity index (χ4n) is 1.81. The molecule has 0 saturated carbocycles. The van der Waals surface area contributed by atoms with E-state index in [9.17, 15) is 0 Å². The highest BCUT2D eigenvalue weighted by Gasteiger charge is 2.09. The molecule has 1 rings (SSSR count). The van der Waals surface area contributed by atoms with Gasteiger partial charge in [0.25, 0.3) is 0 Å². The van der Waals surface area contributed by atoms with E-state index >= 15 is 0 Å². The summed E-state index contributed by atoms with van der Waals surface area (Å²) in [6.07, 6.45) is 5.46. The first-order chi connectivity index (χ1) is 7.22. The van der Waals surface area contributed by atoms with Crippen LogP contribution in [0.3, 0.4) is 0 Å². The van der Waals surface area contributed by atoms with E-state index in [1.165, 1.54) is 17.8 Å². The predicted molar refractivity (Wildman–Crippen MR) is 67.4 cm³/mol. The standard InChI is InChI=1S/C12H22N2S/c1-4-5-13-11(3)8-10(2)9-12-14-6-7-15-12/h6-7,10-11,13H,4-5,8-9H2,1-3H3. The fourth-order valence-corrected chi connectivity index (χ4v) is 2.59. The molecule has 0 spiro atoms. The summed E-state index contributed by atoms with van der Waals surface area (Å²) in [5, 5.41) is 6.85. The average molecular weight is 226 g/mol. The Morgan fingerprint density at radius 1 is 1.47 bits per heavy atom. The molecule has 2 nitrogen and oxygen atoms in total. The minimum Gasteiger partial charge on any atom is -0.314 e. The number of thiazole rings is 1. The number of nitrogens with zero attached hydrogens (tertiary/aromatic N) is 1. The van der Waals surface area contributed by atoms with E-state index in [2.05, 4.69) is 36.5 Å². The highest BCUT2D eigenvalue weighted by Crippen LogP contribution is 2.15. The predicted octanol–water partition coefficient (Wildman–Crippen LogP) is 3.10. The average Bonchev–Trinajstić information content (AvgIpc) is 2.67. The van der Waals surface area contributed by atoms with Crippen molar-refractivity contribution < 1.29 is 0 Å². The highest BCUT2D eigenvalue weighted by molar-refractivity contribution is 7.09. The largest absolute Gasteiger partial charge is 0.314 e. The molecule has 15 heavy (non-hydrogen) atoms. The Labute approximate surface area is 97.1 Å². The highest BCUT2D eigenvalue weighted by atomic mass is 32.1. The SMILES string of the molecule is CCCNC(C)CC(C)Cc1nccs1. The molecule has 2 atom stereocenters. The summed E-state index contributed by atoms with van der Waals surface area (Å²) in [6, 6.07) is 0.625. The second-order valence-corrected chi connectivity index (χ2v) is 5.31. The van der Waals surface area contributed by atoms with E-state index in [4.69, 9.17) is 0 Å². The quantitative estimate of drug-likeness (QED) is 0.773. The van der Waals surface area contributed by atoms with Crippen LogP contribution in [0.5, 0.6) is 0 Å². The molecular formula is C12H22N2S. The Morgan fingerprint density at radius 3 is 2.87 bits per heavy atom. The first kappa shape index (κ1) is 12.7. The Morgan fingerprint density at radius 2 is 2.27 bits per heavy atom. The van der Waals surface area contributed by atoms with Gasteiger partial charge in [-0.25, -0.2) is 4.98 Å². The lowest BCUT2D eigenvalue weighted by molar-refractivity contribution is 0.419. The van der Waals surface area contributed by atoms with Crippen LogP contribution in [-0.4, -0.2) is 17.6 Å². The molecule has 1 N–H and O–H groups in total. The molecule has 0 fully saturated rings. The van der Waals surface area contributed by atoms with Gasteiger partial charge in [-0.1, -0.05) is 13.8 Å². The van der Waals surface area contributed by atoms with Crippen molar-refractivity contribution in [2.45, 2.75) is 46.1 Å². The molecule has 0 radical (unpaired) electrons. The van der Waals surface area contributed by atoms with E-state index in [1.807, 2.05) is 6.20 Å². The third-order valence-corrected chi connectivity index (χ3v) is 3.31. The van der Waals surface area contributed by atoms with Crippen LogP contribution >= 0.6 is 11.3 Å². The van der Waals surface area contributed by atoms with Crippen LogP contribution in [0.2, 0.25) is 0 Å². The molecule has 1 aromatic heterocycles. The number of hydrogen-bond acceptors (Lipinski definition) is 3. The van der Waals surface area contributed by atoms with Gasteiger partial charge in [0.2, 0.25) is 0 Å². The first-order valence-corrected chi connectivity index (χ1v) is 6.72. The summed E-state index contributed by atoms with van der Waals surface area (Å²) in [5.74, 6) is 0.718. The summed E-state index contributed by atoms with van der Waals surface area (Å²) in [4.78, 5) is 4.32. The second kappa shape index (κ2) is 6.96. The topological polar surface area (TPSA) is 24.9 Å². The summed E-state index contributed by atoms with van der Waals surface area (Å²) in [7, 11) is 0. The zero-order chi connectivity index (χ0) is 11.1. The van der Waals surface area contributed by atoms with Gasteiger partial charge >= 0.3 is 0 Å². The van der Waals surface area contributed by atoms with Crippen LogP contribution in [0, 0.1) is 5.92 Å². The summed E-state index contributed by atoms with van der Waals surface area (Å²) in [6.45, 7) is 7.92. The van der Waals surface area contributed by atoms with Crippen molar-refractivity contribution in [2.24, 2.45) is 5.92 Å². The molecule has 0 bridgehead atoms. The maximum Gasteiger partial charge on any atom is 0.0927 e. The summed E-state index contributed by atoms with van der Waals surface area (Å²) in [5.41, 5.74) is 0. The Balaban J connectivity index is 2.20. The Bertz CT molecular complexity index is 246. The molecule has 0 amide bonds. The molecule has 0 aliphatic carbocycles. The van der Waals surface area contributed by atoms with Crippen molar-refractivity contribution in [2.75, 3.05) is 6.54 Å². The van der Waals surface area contributed by atoms with E-state index in [1.54, 1.807) is 11.3 Å². The normalized spacial score (nSPS) is 15.1. The van der Waals surface area contributed by atoms with Gasteiger partial charge < -0.3 is 5.32 Å². The van der Waals surface area contributed by atoms with Crippen LogP contribution < -0.4 is 5.32 Å². The van der Waals surface area contributed by atoms with Crippen molar-refractivity contribution in [1.29, 1.82) is 0 Å². The molecule has 3 heteroatoms. The van der Waals surface area contributed by atoms with Crippen molar-refractivity contribution in [3.05, 3.63) is 16.6 Å². The van der Waals surface area contributed by atoms with Crippen LogP contribution in [-0.2, 0) is 6.42 Å². The lowest BCUT2D eigenvalue weighted by Gasteiger charge is -2.17. The first-order valence-electron chi connectivity index (χ1n) is 5.84. The maximum atomic E-state index is 4.32. The lowest BCUT2D eigenvalue weighted by atomic mass is 10.00. The van der Waals surface area contributed by atoms with Gasteiger partial charge in [0.05, 0.1) is 5.01 Å². The van der Waals surface area contributed by atoms with E-state index < -0.39 is 0 Å². The van der Waals surface area contributed by atoms with Crippen LogP contribution in [0.15, 0.2) is 11.6 Å². The van der Waals surface area contributed by atoms with Gasteiger partial charge in [-0.2, -0.15) is 0 Å². The third kappa shape index (κ3) is 5.28. The third-order valence-electron chi connectivity index (χ3n) is 2.51. The van der Waals surface area contributed by atoms with E-state index in [0.29, 0.717) is 6.04 Å². The van der Waals surface area contributed by atoms with Gasteiger partial charge in [0, 0.05) is 24.0 Å². The fraction of sp³-hybridized carbons (Fsp3) is 0.750. The molecule has 86 valence electrons. The number of aromatic nitrogens is 1. The summed E-state index contributed by atoms with van der Waals surface area (Å²) < 4.78 is 0. The molecule has 1 aromatic rings. The number of rotatable bonds is 7. The Hall–Kier alpha value is -0.410. The van der Waals surface area contributed by atoms with Gasteiger partial charge in [-0.3, -0.25) is 0 Å². The van der Waals surface area contributed by atoms with Gasteiger partial charge in [-0.05, 0) is 32.2 Å². The van der Waals surface area contributed by atoms with Crippen molar-refractivity contribution in [1.82, 2.24) is 10.3 Å². The van der Waals surface area contributed by atoms with E-state index in [0.717, 1.165) is 18.9 Å². The van der Waals surface area contributed by atoms with Crippen LogP contribution in [0.1, 0.15) is 38.6 Å². The molecule has 1 heterocycles. The van der Waals surface area contributed by atoms with Gasteiger partial charge in [0.15, 0.2) is 0 Å². The monoisotopic (exact) mass is 226 g/mol. The smallest absolute Gasteiger partial charge is 0.0927 e. The molecule has 0 aliphatic heterocycles. The van der Waals surface area contributed by atoms with Crippen molar-refractivity contribution in [3.63, 3.8) is 0 Å². The number of nitrogens with one attached hydrogen (secondary N) is 1. The zero-order valence-electron chi connectivity index (χ0n) is 9.99. The minimum atomic E-state index is 0.625. The van der Waals surface area contributed by atoms with Gasteiger partial charge in [-0.15, -0.1) is 11.3 Å². The lowest BCUT2D eigenvalue weighted by Crippen LogP contribution is -2.28. The van der Waals surface area contributed by atoms with Crippen LogP contribution in [0.4, 0.5) is 0 Å². The molecule has 0 aliphatic rings. The molecule has 0 aromatic carbocycles.